The van der Waals surface area contributed by atoms with Gasteiger partial charge in [0.2, 0.25) is 0 Å². The van der Waals surface area contributed by atoms with Crippen LogP contribution in [0.25, 0.3) is 43.4 Å². The second kappa shape index (κ2) is 10.1. The first-order valence-electron chi connectivity index (χ1n) is 17.9. The van der Waals surface area contributed by atoms with Crippen molar-refractivity contribution in [3.8, 4) is 11.1 Å². The van der Waals surface area contributed by atoms with E-state index in [4.69, 9.17) is 0 Å². The van der Waals surface area contributed by atoms with E-state index in [1.807, 2.05) is 0 Å². The van der Waals surface area contributed by atoms with Crippen molar-refractivity contribution in [1.29, 1.82) is 0 Å². The summed E-state index contributed by atoms with van der Waals surface area (Å²) in [4.78, 5) is 7.07. The Morgan fingerprint density at radius 1 is 0.490 bits per heavy atom. The summed E-state index contributed by atoms with van der Waals surface area (Å²) in [5.41, 5.74) is 11.2. The van der Waals surface area contributed by atoms with Gasteiger partial charge in [-0.15, -0.1) is 0 Å². The van der Waals surface area contributed by atoms with Crippen LogP contribution in [0.3, 0.4) is 0 Å². The lowest BCUT2D eigenvalue weighted by atomic mass is 9.75. The van der Waals surface area contributed by atoms with E-state index in [-0.39, 0.29) is 16.2 Å². The second-order valence-corrected chi connectivity index (χ2v) is 19.8. The maximum atomic E-state index is 2.63. The molecule has 7 aromatic carbocycles. The van der Waals surface area contributed by atoms with Crippen LogP contribution in [0.1, 0.15) is 79.0 Å². The minimum Gasteiger partial charge on any atom is -0.308 e. The quantitative estimate of drug-likeness (QED) is 0.143. The number of anilines is 3. The molecule has 0 aliphatic carbocycles. The minimum atomic E-state index is -0.631. The van der Waals surface area contributed by atoms with Crippen molar-refractivity contribution in [2.45, 2.75) is 94.3 Å². The molecule has 0 saturated heterocycles. The van der Waals surface area contributed by atoms with Crippen molar-refractivity contribution in [2.75, 3.05) is 4.90 Å². The Hall–Kier alpha value is -4.27. The van der Waals surface area contributed by atoms with Crippen LogP contribution in [-0.2, 0) is 17.3 Å². The second-order valence-electron chi connectivity index (χ2n) is 17.7. The highest BCUT2D eigenvalue weighted by Crippen LogP contribution is 2.71. The van der Waals surface area contributed by atoms with Crippen LogP contribution in [0.2, 0.25) is 0 Å². The molecule has 0 N–H and O–H groups in total. The fourth-order valence-electron chi connectivity index (χ4n) is 8.85. The number of thiol groups is 1. The molecule has 7 aromatic rings. The smallest absolute Gasteiger partial charge is 0.0593 e. The first kappa shape index (κ1) is 30.8. The molecule has 0 saturated carbocycles. The highest BCUT2D eigenvalue weighted by molar-refractivity contribution is 8.18. The number of para-hydroxylation sites is 1. The van der Waals surface area contributed by atoms with E-state index >= 15 is 0 Å². The molecule has 1 atom stereocenters. The molecule has 0 aromatic heterocycles. The van der Waals surface area contributed by atoms with Gasteiger partial charge in [0.05, 0.1) is 17.1 Å². The topological polar surface area (TPSA) is 3.24 Å². The van der Waals surface area contributed by atoms with Crippen LogP contribution >= 0.6 is 10.9 Å². The summed E-state index contributed by atoms with van der Waals surface area (Å²) < 4.78 is 0. The van der Waals surface area contributed by atoms with Gasteiger partial charge in [-0.25, -0.2) is 0 Å². The molecular weight excluding hydrogens is 611 g/mol. The van der Waals surface area contributed by atoms with Crippen LogP contribution < -0.4 is 4.90 Å². The molecule has 1 unspecified atom stereocenters. The lowest BCUT2D eigenvalue weighted by molar-refractivity contribution is 0.412. The third kappa shape index (κ3) is 4.46. The van der Waals surface area contributed by atoms with Crippen LogP contribution in [-0.4, -0.2) is 0 Å². The van der Waals surface area contributed by atoms with Crippen molar-refractivity contribution in [3.63, 3.8) is 0 Å². The molecule has 1 nitrogen and oxygen atoms in total. The molecule has 0 fully saturated rings. The van der Waals surface area contributed by atoms with E-state index in [0.29, 0.717) is 0 Å². The zero-order chi connectivity index (χ0) is 34.2. The number of hydrogen-bond donors (Lipinski definition) is 1. The molecule has 2 aliphatic rings. The SMILES string of the molecule is CC(C)(C)Cc1cc(C(C)(C)C)c2ccc3c(N4c5ccccc5[SH]5c6ccccc6-c6cccc4c65)cc(C(C)(C)C)c4ccc1c2c34. The van der Waals surface area contributed by atoms with Gasteiger partial charge >= 0.3 is 0 Å². The molecule has 0 spiro atoms. The van der Waals surface area contributed by atoms with Gasteiger partial charge in [-0.3, -0.25) is 0 Å². The summed E-state index contributed by atoms with van der Waals surface area (Å²) in [7, 11) is -0.631. The molecule has 2 aliphatic heterocycles. The van der Waals surface area contributed by atoms with Gasteiger partial charge in [0, 0.05) is 20.1 Å². The zero-order valence-electron chi connectivity index (χ0n) is 30.4. The van der Waals surface area contributed by atoms with E-state index in [1.165, 1.54) is 91.9 Å². The summed E-state index contributed by atoms with van der Waals surface area (Å²) in [6.45, 7) is 21.4. The van der Waals surface area contributed by atoms with Gasteiger partial charge < -0.3 is 4.90 Å². The fourth-order valence-corrected chi connectivity index (χ4v) is 11.7. The van der Waals surface area contributed by atoms with Crippen molar-refractivity contribution in [2.24, 2.45) is 5.41 Å². The summed E-state index contributed by atoms with van der Waals surface area (Å²) in [6.07, 6.45) is 1.04. The lowest BCUT2D eigenvalue weighted by Crippen LogP contribution is -2.19. The Balaban J connectivity index is 1.44. The van der Waals surface area contributed by atoms with Gasteiger partial charge in [-0.1, -0.05) is 135 Å². The third-order valence-electron chi connectivity index (χ3n) is 10.8. The summed E-state index contributed by atoms with van der Waals surface area (Å²) in [5, 5.41) is 8.38. The molecular formula is C47H47NS. The van der Waals surface area contributed by atoms with Crippen LogP contribution in [0.4, 0.5) is 17.1 Å². The summed E-state index contributed by atoms with van der Waals surface area (Å²) in [6, 6.07) is 40.2. The van der Waals surface area contributed by atoms with Crippen LogP contribution in [0.15, 0.2) is 118 Å². The molecule has 0 radical (unpaired) electrons. The monoisotopic (exact) mass is 657 g/mol. The Bertz CT molecular complexity index is 2480. The highest BCUT2D eigenvalue weighted by Gasteiger charge is 2.38. The normalized spacial score (nSPS) is 16.4. The Labute approximate surface area is 294 Å². The molecule has 0 amide bonds. The molecule has 246 valence electrons. The van der Waals surface area contributed by atoms with E-state index in [1.54, 1.807) is 0 Å². The van der Waals surface area contributed by atoms with E-state index in [2.05, 4.69) is 170 Å². The van der Waals surface area contributed by atoms with Gasteiger partial charge in [0.15, 0.2) is 0 Å². The predicted octanol–water partition coefficient (Wildman–Crippen LogP) is 14.0. The summed E-state index contributed by atoms with van der Waals surface area (Å²) in [5.74, 6) is 0. The maximum absolute atomic E-state index is 2.63. The number of hydrogen-bond acceptors (Lipinski definition) is 1. The van der Waals surface area contributed by atoms with Crippen molar-refractivity contribution in [1.82, 2.24) is 0 Å². The van der Waals surface area contributed by atoms with Crippen molar-refractivity contribution >= 4 is 60.3 Å². The van der Waals surface area contributed by atoms with Crippen LogP contribution in [0.5, 0.6) is 0 Å². The average Bonchev–Trinajstić information content (AvgIpc) is 3.38. The van der Waals surface area contributed by atoms with Crippen molar-refractivity contribution < 1.29 is 0 Å². The first-order chi connectivity index (χ1) is 23.2. The third-order valence-corrected chi connectivity index (χ3v) is 13.5. The minimum absolute atomic E-state index is 0.0210. The maximum Gasteiger partial charge on any atom is 0.0593 e. The zero-order valence-corrected chi connectivity index (χ0v) is 31.3. The predicted molar refractivity (Wildman–Crippen MR) is 215 cm³/mol. The molecule has 49 heavy (non-hydrogen) atoms. The van der Waals surface area contributed by atoms with Crippen molar-refractivity contribution in [3.05, 3.63) is 120 Å². The molecule has 2 heteroatoms. The largest absolute Gasteiger partial charge is 0.308 e. The van der Waals surface area contributed by atoms with Gasteiger partial charge in [0.1, 0.15) is 0 Å². The van der Waals surface area contributed by atoms with Gasteiger partial charge in [-0.2, -0.15) is 10.9 Å². The van der Waals surface area contributed by atoms with E-state index in [0.717, 1.165) is 6.42 Å². The molecule has 2 heterocycles. The average molecular weight is 658 g/mol. The standard InChI is InChI=1S/C47H47NS/c1-45(2,3)27-28-25-35(46(4,5)6)32-23-24-34-39(26-36(47(7,8)9)33-22-21-29(28)42(32)43(33)34)48-37-17-11-13-20-41(37)49-40-19-12-10-15-30(40)31-16-14-18-38(48)44(31)49/h10-26,49H,27H2,1-9H3. The fraction of sp³-hybridized carbons (Fsp3) is 0.277. The Morgan fingerprint density at radius 3 is 1.73 bits per heavy atom. The Morgan fingerprint density at radius 2 is 1.04 bits per heavy atom. The van der Waals surface area contributed by atoms with Crippen LogP contribution in [0, 0.1) is 5.41 Å². The van der Waals surface area contributed by atoms with Gasteiger partial charge in [0.25, 0.3) is 0 Å². The Kier molecular flexibility index (Phi) is 6.37. The number of nitrogens with zero attached hydrogens (tertiary/aromatic N) is 1. The van der Waals surface area contributed by atoms with Gasteiger partial charge in [-0.05, 0) is 108 Å². The van der Waals surface area contributed by atoms with E-state index < -0.39 is 10.9 Å². The lowest BCUT2D eigenvalue weighted by Gasteiger charge is -2.39. The number of benzene rings is 7. The summed E-state index contributed by atoms with van der Waals surface area (Å²) >= 11 is 0. The number of rotatable bonds is 2. The molecule has 9 rings (SSSR count). The number of fused-ring (bicyclic) bond motifs is 5. The van der Waals surface area contributed by atoms with E-state index in [9.17, 15) is 0 Å². The highest BCUT2D eigenvalue weighted by atomic mass is 32.2. The first-order valence-corrected chi connectivity index (χ1v) is 19.3. The molecule has 0 bridgehead atoms.